The smallest absolute Gasteiger partial charge is 0.410 e. The molecule has 0 atom stereocenters. The number of carbonyl (C=O) groups is 1. The summed E-state index contributed by atoms with van der Waals surface area (Å²) in [7, 11) is 0. The lowest BCUT2D eigenvalue weighted by Gasteiger charge is -2.33. The first-order valence-electron chi connectivity index (χ1n) is 8.26. The van der Waals surface area contributed by atoms with Crippen LogP contribution in [0, 0.1) is 11.7 Å². The monoisotopic (exact) mass is 369 g/mol. The lowest BCUT2D eigenvalue weighted by Crippen LogP contribution is -2.42. The average molecular weight is 370 g/mol. The molecule has 1 amide bonds. The predicted octanol–water partition coefficient (Wildman–Crippen LogP) is 4.01. The molecule has 1 saturated heterocycles. The molecule has 0 bridgehead atoms. The number of nitrogens with zero attached hydrogens (tertiary/aromatic N) is 1. The summed E-state index contributed by atoms with van der Waals surface area (Å²) < 4.78 is 19.4. The number of carbonyl (C=O) groups excluding carboxylic acids is 1. The number of nitrogens with two attached hydrogens (primary N) is 2. The lowest BCUT2D eigenvalue weighted by molar-refractivity contribution is 0.0194. The molecule has 0 saturated carbocycles. The van der Waals surface area contributed by atoms with Gasteiger partial charge >= 0.3 is 6.09 Å². The van der Waals surface area contributed by atoms with Crippen LogP contribution >= 0.6 is 11.6 Å². The minimum atomic E-state index is -0.517. The Morgan fingerprint density at radius 1 is 1.36 bits per heavy atom. The molecule has 138 valence electrons. The highest BCUT2D eigenvalue weighted by Crippen LogP contribution is 2.28. The molecule has 1 aromatic carbocycles. The van der Waals surface area contributed by atoms with Crippen LogP contribution in [-0.4, -0.2) is 29.7 Å². The minimum absolute atomic E-state index is 0.0631. The largest absolute Gasteiger partial charge is 0.444 e. The number of allylic oxidation sites excluding steroid dienone is 1. The highest BCUT2D eigenvalue weighted by molar-refractivity contribution is 6.30. The third-order valence-electron chi connectivity index (χ3n) is 4.06. The van der Waals surface area contributed by atoms with Crippen molar-refractivity contribution >= 4 is 29.5 Å². The standard InChI is InChI=1S/C18H25ClFN3O2/c1-18(2,3)25-17(24)23-6-4-11(5-7-23)15(21)10-13-14(20)8-12(19)9-16(13)22/h8-11H,4-7,21-22H2,1-3H3/b15-10-. The van der Waals surface area contributed by atoms with Crippen LogP contribution in [0.1, 0.15) is 39.2 Å². The Morgan fingerprint density at radius 3 is 2.48 bits per heavy atom. The van der Waals surface area contributed by atoms with Crippen molar-refractivity contribution in [2.75, 3.05) is 18.8 Å². The van der Waals surface area contributed by atoms with Gasteiger partial charge in [0.1, 0.15) is 11.4 Å². The second-order valence-corrected chi connectivity index (χ2v) is 7.71. The van der Waals surface area contributed by atoms with Gasteiger partial charge in [-0.25, -0.2) is 9.18 Å². The van der Waals surface area contributed by atoms with Gasteiger partial charge in [-0.05, 0) is 51.8 Å². The summed E-state index contributed by atoms with van der Waals surface area (Å²) in [5.41, 5.74) is 12.5. The summed E-state index contributed by atoms with van der Waals surface area (Å²) in [5, 5.41) is 0.247. The third kappa shape index (κ3) is 5.26. The zero-order chi connectivity index (χ0) is 18.8. The molecule has 1 aliphatic heterocycles. The van der Waals surface area contributed by atoms with E-state index in [1.54, 1.807) is 11.0 Å². The van der Waals surface area contributed by atoms with E-state index in [4.69, 9.17) is 27.8 Å². The molecule has 0 spiro atoms. The highest BCUT2D eigenvalue weighted by atomic mass is 35.5. The Balaban J connectivity index is 2.02. The number of hydrogen-bond acceptors (Lipinski definition) is 4. The number of ether oxygens (including phenoxy) is 1. The van der Waals surface area contributed by atoms with Crippen LogP contribution in [0.2, 0.25) is 5.02 Å². The number of rotatable bonds is 2. The van der Waals surface area contributed by atoms with Crippen molar-refractivity contribution in [1.82, 2.24) is 4.90 Å². The number of nitrogen functional groups attached to an aromatic ring is 1. The number of likely N-dealkylation sites (tertiary alicyclic amines) is 1. The average Bonchev–Trinajstić information content (AvgIpc) is 2.49. The van der Waals surface area contributed by atoms with Gasteiger partial charge in [0, 0.05) is 41.0 Å². The van der Waals surface area contributed by atoms with Crippen molar-refractivity contribution in [3.63, 3.8) is 0 Å². The van der Waals surface area contributed by atoms with Crippen LogP contribution in [0.4, 0.5) is 14.9 Å². The summed E-state index contributed by atoms with van der Waals surface area (Å²) in [4.78, 5) is 13.8. The first-order valence-corrected chi connectivity index (χ1v) is 8.64. The van der Waals surface area contributed by atoms with Crippen molar-refractivity contribution in [2.45, 2.75) is 39.2 Å². The quantitative estimate of drug-likeness (QED) is 0.772. The van der Waals surface area contributed by atoms with E-state index >= 15 is 0 Å². The van der Waals surface area contributed by atoms with Crippen molar-refractivity contribution in [1.29, 1.82) is 0 Å². The van der Waals surface area contributed by atoms with Crippen LogP contribution in [0.5, 0.6) is 0 Å². The molecule has 2 rings (SSSR count). The van der Waals surface area contributed by atoms with Gasteiger partial charge in [-0.3, -0.25) is 0 Å². The Hall–Kier alpha value is -1.95. The van der Waals surface area contributed by atoms with E-state index in [-0.39, 0.29) is 28.3 Å². The first-order chi connectivity index (χ1) is 11.6. The summed E-state index contributed by atoms with van der Waals surface area (Å²) in [6.45, 7) is 6.61. The molecule has 1 aliphatic rings. The van der Waals surface area contributed by atoms with E-state index in [0.717, 1.165) is 0 Å². The summed E-state index contributed by atoms with van der Waals surface area (Å²) in [6.07, 6.45) is 2.63. The Morgan fingerprint density at radius 2 is 1.96 bits per heavy atom. The van der Waals surface area contributed by atoms with Crippen LogP contribution < -0.4 is 11.5 Å². The summed E-state index contributed by atoms with van der Waals surface area (Å²) in [5.74, 6) is -0.438. The molecule has 1 aromatic rings. The van der Waals surface area contributed by atoms with Gasteiger partial charge in [-0.1, -0.05) is 11.6 Å². The fourth-order valence-corrected chi connectivity index (χ4v) is 2.98. The SMILES string of the molecule is CC(C)(C)OC(=O)N1CCC(/C(N)=C/c2c(N)cc(Cl)cc2F)CC1. The van der Waals surface area contributed by atoms with Gasteiger partial charge in [-0.15, -0.1) is 0 Å². The van der Waals surface area contributed by atoms with E-state index in [9.17, 15) is 9.18 Å². The highest BCUT2D eigenvalue weighted by Gasteiger charge is 2.27. The van der Waals surface area contributed by atoms with Gasteiger partial charge in [0.25, 0.3) is 0 Å². The molecule has 0 unspecified atom stereocenters. The molecular formula is C18H25ClFN3O2. The van der Waals surface area contributed by atoms with Gasteiger partial charge in [0.15, 0.2) is 0 Å². The summed E-state index contributed by atoms with van der Waals surface area (Å²) in [6, 6.07) is 2.71. The molecule has 25 heavy (non-hydrogen) atoms. The van der Waals surface area contributed by atoms with Crippen molar-refractivity contribution in [3.05, 3.63) is 34.2 Å². The van der Waals surface area contributed by atoms with Crippen molar-refractivity contribution in [3.8, 4) is 0 Å². The van der Waals surface area contributed by atoms with E-state index in [1.807, 2.05) is 20.8 Å². The van der Waals surface area contributed by atoms with Gasteiger partial charge in [0.05, 0.1) is 0 Å². The van der Waals surface area contributed by atoms with Gasteiger partial charge in [0.2, 0.25) is 0 Å². The number of hydrogen-bond donors (Lipinski definition) is 2. The third-order valence-corrected chi connectivity index (χ3v) is 4.27. The molecule has 0 aliphatic carbocycles. The molecule has 7 heteroatoms. The first kappa shape index (κ1) is 19.4. The molecular weight excluding hydrogens is 345 g/mol. The zero-order valence-corrected chi connectivity index (χ0v) is 15.6. The Labute approximate surface area is 152 Å². The molecule has 4 N–H and O–H groups in total. The fourth-order valence-electron chi connectivity index (χ4n) is 2.76. The topological polar surface area (TPSA) is 81.6 Å². The molecule has 1 fully saturated rings. The lowest BCUT2D eigenvalue weighted by atomic mass is 9.92. The van der Waals surface area contributed by atoms with Crippen LogP contribution in [0.3, 0.4) is 0 Å². The van der Waals surface area contributed by atoms with Crippen molar-refractivity contribution in [2.24, 2.45) is 11.7 Å². The maximum Gasteiger partial charge on any atom is 0.410 e. The van der Waals surface area contributed by atoms with E-state index in [1.165, 1.54) is 12.1 Å². The number of piperidine rings is 1. The number of amides is 1. The maximum atomic E-state index is 14.0. The molecule has 0 radical (unpaired) electrons. The van der Waals surface area contributed by atoms with Gasteiger partial charge < -0.3 is 21.1 Å². The minimum Gasteiger partial charge on any atom is -0.444 e. The zero-order valence-electron chi connectivity index (χ0n) is 14.8. The van der Waals surface area contributed by atoms with E-state index in [0.29, 0.717) is 31.6 Å². The predicted molar refractivity (Wildman–Crippen MR) is 98.5 cm³/mol. The Kier molecular flexibility index (Phi) is 5.83. The Bertz CT molecular complexity index is 654. The van der Waals surface area contributed by atoms with Crippen LogP contribution in [0.15, 0.2) is 17.8 Å². The van der Waals surface area contributed by atoms with Crippen LogP contribution in [0.25, 0.3) is 6.08 Å². The number of halogens is 2. The van der Waals surface area contributed by atoms with E-state index in [2.05, 4.69) is 0 Å². The van der Waals surface area contributed by atoms with Crippen LogP contribution in [-0.2, 0) is 4.74 Å². The summed E-state index contributed by atoms with van der Waals surface area (Å²) >= 11 is 5.78. The van der Waals surface area contributed by atoms with Crippen molar-refractivity contribution < 1.29 is 13.9 Å². The van der Waals surface area contributed by atoms with Gasteiger partial charge in [-0.2, -0.15) is 0 Å². The number of benzene rings is 1. The molecule has 5 nitrogen and oxygen atoms in total. The normalized spacial score (nSPS) is 16.8. The second-order valence-electron chi connectivity index (χ2n) is 7.28. The fraction of sp³-hybridized carbons (Fsp3) is 0.500. The second kappa shape index (κ2) is 7.52. The maximum absolute atomic E-state index is 14.0. The molecule has 0 aromatic heterocycles. The van der Waals surface area contributed by atoms with E-state index < -0.39 is 11.4 Å². The molecule has 1 heterocycles. The number of anilines is 1.